The van der Waals surface area contributed by atoms with E-state index >= 15 is 0 Å². The van der Waals surface area contributed by atoms with E-state index in [1.54, 1.807) is 6.92 Å². The third kappa shape index (κ3) is 1.01. The molecule has 0 aromatic carbocycles. The summed E-state index contributed by atoms with van der Waals surface area (Å²) in [5.74, 6) is 0.649. The van der Waals surface area contributed by atoms with Gasteiger partial charge in [-0.2, -0.15) is 4.98 Å². The lowest BCUT2D eigenvalue weighted by Gasteiger charge is -1.74. The molecule has 0 atom stereocenters. The lowest BCUT2D eigenvalue weighted by Crippen LogP contribution is -1.69. The van der Waals surface area contributed by atoms with Crippen LogP contribution in [0.5, 0.6) is 0 Å². The third-order valence-corrected chi connectivity index (χ3v) is 1.05. The molecular weight excluding hydrogens is 124 g/mol. The highest BCUT2D eigenvalue weighted by atomic mass is 32.2. The molecule has 43 valence electrons. The van der Waals surface area contributed by atoms with Crippen LogP contribution in [0.25, 0.3) is 0 Å². The van der Waals surface area contributed by atoms with Gasteiger partial charge < -0.3 is 4.52 Å². The van der Waals surface area contributed by atoms with Gasteiger partial charge in [0.25, 0.3) is 5.22 Å². The van der Waals surface area contributed by atoms with E-state index < -0.39 is 0 Å². The van der Waals surface area contributed by atoms with Crippen molar-refractivity contribution in [1.29, 1.82) is 0 Å². The topological polar surface area (TPSA) is 38.9 Å². The largest absolute Gasteiger partial charge is 0.327 e. The van der Waals surface area contributed by atoms with Crippen LogP contribution in [0.1, 0.15) is 5.82 Å². The van der Waals surface area contributed by atoms with Crippen LogP contribution in [-0.2, 0) is 0 Å². The minimum atomic E-state index is 0.516. The number of hydrogen-bond donors (Lipinski definition) is 0. The molecule has 0 aliphatic rings. The van der Waals surface area contributed by atoms with Crippen LogP contribution in [-0.4, -0.2) is 10.1 Å². The first-order valence-electron chi connectivity index (χ1n) is 2.05. The SMILES string of the molecule is [CH2]Sc1nc(C)no1. The van der Waals surface area contributed by atoms with Gasteiger partial charge in [0.15, 0.2) is 5.82 Å². The molecule has 0 amide bonds. The second-order valence-electron chi connectivity index (χ2n) is 1.25. The molecule has 0 aliphatic carbocycles. The van der Waals surface area contributed by atoms with Crippen molar-refractivity contribution < 1.29 is 4.52 Å². The maximum absolute atomic E-state index is 4.65. The fourth-order valence-electron chi connectivity index (χ4n) is 0.337. The lowest BCUT2D eigenvalue weighted by molar-refractivity contribution is 0.339. The van der Waals surface area contributed by atoms with E-state index in [2.05, 4.69) is 20.9 Å². The Hall–Kier alpha value is -0.510. The molecule has 0 bridgehead atoms. The van der Waals surface area contributed by atoms with Crippen molar-refractivity contribution in [2.75, 3.05) is 0 Å². The van der Waals surface area contributed by atoms with E-state index in [0.717, 1.165) is 0 Å². The molecule has 0 N–H and O–H groups in total. The Morgan fingerprint density at radius 2 is 2.50 bits per heavy atom. The fourth-order valence-corrected chi connectivity index (χ4v) is 0.623. The Morgan fingerprint density at radius 3 is 2.75 bits per heavy atom. The monoisotopic (exact) mass is 129 g/mol. The summed E-state index contributed by atoms with van der Waals surface area (Å²) in [6, 6.07) is 0. The first-order chi connectivity index (χ1) is 3.83. The van der Waals surface area contributed by atoms with Crippen molar-refractivity contribution in [1.82, 2.24) is 10.1 Å². The average Bonchev–Trinajstić information content (AvgIpc) is 2.14. The summed E-state index contributed by atoms with van der Waals surface area (Å²) in [4.78, 5) is 3.85. The van der Waals surface area contributed by atoms with Gasteiger partial charge in [0, 0.05) is 6.26 Å². The van der Waals surface area contributed by atoms with Gasteiger partial charge in [-0.1, -0.05) is 16.9 Å². The van der Waals surface area contributed by atoms with Crippen LogP contribution >= 0.6 is 11.8 Å². The second-order valence-corrected chi connectivity index (χ2v) is 1.89. The summed E-state index contributed by atoms with van der Waals surface area (Å²) in [6.07, 6.45) is 3.49. The predicted molar refractivity (Wildman–Crippen MR) is 30.2 cm³/mol. The molecule has 3 nitrogen and oxygen atoms in total. The molecule has 0 saturated heterocycles. The van der Waals surface area contributed by atoms with E-state index in [9.17, 15) is 0 Å². The standard InChI is InChI=1S/C4H5N2OS/c1-3-5-4(8-2)7-6-3/h2H2,1H3. The maximum Gasteiger partial charge on any atom is 0.285 e. The molecule has 1 aromatic rings. The lowest BCUT2D eigenvalue weighted by atomic mass is 10.8. The van der Waals surface area contributed by atoms with Crippen LogP contribution in [0.4, 0.5) is 0 Å². The fraction of sp³-hybridized carbons (Fsp3) is 0.250. The van der Waals surface area contributed by atoms with E-state index in [0.29, 0.717) is 11.0 Å². The van der Waals surface area contributed by atoms with Crippen LogP contribution in [0.2, 0.25) is 0 Å². The van der Waals surface area contributed by atoms with Crippen molar-refractivity contribution in [3.8, 4) is 0 Å². The Bertz CT molecular complexity index is 174. The summed E-state index contributed by atoms with van der Waals surface area (Å²) in [5.41, 5.74) is 0. The van der Waals surface area contributed by atoms with Gasteiger partial charge in [-0.05, 0) is 6.92 Å². The van der Waals surface area contributed by atoms with Gasteiger partial charge >= 0.3 is 0 Å². The maximum atomic E-state index is 4.65. The highest BCUT2D eigenvalue weighted by molar-refractivity contribution is 8.00. The van der Waals surface area contributed by atoms with Crippen molar-refractivity contribution in [3.63, 3.8) is 0 Å². The molecule has 1 radical (unpaired) electrons. The molecule has 4 heteroatoms. The Kier molecular flexibility index (Phi) is 1.53. The molecule has 0 aliphatic heterocycles. The minimum Gasteiger partial charge on any atom is -0.327 e. The number of thioether (sulfide) groups is 1. The smallest absolute Gasteiger partial charge is 0.285 e. The van der Waals surface area contributed by atoms with Crippen LogP contribution in [0.3, 0.4) is 0 Å². The van der Waals surface area contributed by atoms with Crippen molar-refractivity contribution in [3.05, 3.63) is 12.1 Å². The van der Waals surface area contributed by atoms with Crippen molar-refractivity contribution >= 4 is 11.8 Å². The molecular formula is C4H5N2OS. The summed E-state index contributed by atoms with van der Waals surface area (Å²) in [6.45, 7) is 1.77. The summed E-state index contributed by atoms with van der Waals surface area (Å²) >= 11 is 1.20. The molecule has 1 heterocycles. The Labute approximate surface area is 51.5 Å². The quantitative estimate of drug-likeness (QED) is 0.535. The molecule has 8 heavy (non-hydrogen) atoms. The number of hydrogen-bond acceptors (Lipinski definition) is 4. The first kappa shape index (κ1) is 5.62. The van der Waals surface area contributed by atoms with Gasteiger partial charge in [0.1, 0.15) is 0 Å². The van der Waals surface area contributed by atoms with Crippen LogP contribution < -0.4 is 0 Å². The second kappa shape index (κ2) is 2.17. The zero-order chi connectivity index (χ0) is 5.98. The molecule has 1 aromatic heterocycles. The van der Waals surface area contributed by atoms with Crippen LogP contribution in [0.15, 0.2) is 9.75 Å². The molecule has 0 unspecified atom stereocenters. The highest BCUT2D eigenvalue weighted by Gasteiger charge is 1.96. The average molecular weight is 129 g/mol. The molecule has 0 saturated carbocycles. The van der Waals surface area contributed by atoms with E-state index in [1.807, 2.05) is 0 Å². The number of rotatable bonds is 1. The number of aromatic nitrogens is 2. The Morgan fingerprint density at radius 1 is 1.75 bits per heavy atom. The number of aryl methyl sites for hydroxylation is 1. The molecule has 1 rings (SSSR count). The molecule has 0 fully saturated rings. The van der Waals surface area contributed by atoms with Gasteiger partial charge in [-0.15, -0.1) is 0 Å². The van der Waals surface area contributed by atoms with E-state index in [-0.39, 0.29) is 0 Å². The molecule has 0 spiro atoms. The van der Waals surface area contributed by atoms with Gasteiger partial charge in [0.2, 0.25) is 0 Å². The highest BCUT2D eigenvalue weighted by Crippen LogP contribution is 2.10. The normalized spacial score (nSPS) is 9.75. The van der Waals surface area contributed by atoms with E-state index in [1.165, 1.54) is 11.8 Å². The zero-order valence-electron chi connectivity index (χ0n) is 4.42. The van der Waals surface area contributed by atoms with Crippen molar-refractivity contribution in [2.45, 2.75) is 12.1 Å². The van der Waals surface area contributed by atoms with Gasteiger partial charge in [-0.3, -0.25) is 0 Å². The predicted octanol–water partition coefficient (Wildman–Crippen LogP) is 1.26. The van der Waals surface area contributed by atoms with E-state index in [4.69, 9.17) is 0 Å². The zero-order valence-corrected chi connectivity index (χ0v) is 5.23. The Balaban J connectivity index is 2.84. The third-order valence-electron chi connectivity index (χ3n) is 0.632. The van der Waals surface area contributed by atoms with Crippen molar-refractivity contribution in [2.24, 2.45) is 0 Å². The van der Waals surface area contributed by atoms with Crippen LogP contribution in [0, 0.1) is 13.2 Å². The summed E-state index contributed by atoms with van der Waals surface area (Å²) in [7, 11) is 0. The summed E-state index contributed by atoms with van der Waals surface area (Å²) < 4.78 is 4.65. The minimum absolute atomic E-state index is 0.516. The first-order valence-corrected chi connectivity index (χ1v) is 3.04. The summed E-state index contributed by atoms with van der Waals surface area (Å²) in [5, 5.41) is 4.06. The number of nitrogens with zero attached hydrogens (tertiary/aromatic N) is 2. The van der Waals surface area contributed by atoms with Gasteiger partial charge in [0.05, 0.1) is 0 Å². The van der Waals surface area contributed by atoms with Gasteiger partial charge in [-0.25, -0.2) is 0 Å².